The van der Waals surface area contributed by atoms with Crippen molar-refractivity contribution in [3.05, 3.63) is 68.5 Å². The molecule has 3 aromatic rings. The molecule has 0 aliphatic carbocycles. The Morgan fingerprint density at radius 3 is 2.58 bits per heavy atom. The molecule has 1 atom stereocenters. The number of pyridine rings is 1. The Bertz CT molecular complexity index is 1250. The highest BCUT2D eigenvalue weighted by Crippen LogP contribution is 2.23. The van der Waals surface area contributed by atoms with Crippen molar-refractivity contribution < 1.29 is 9.53 Å². The minimum Gasteiger partial charge on any atom is -0.369 e. The van der Waals surface area contributed by atoms with E-state index in [1.54, 1.807) is 19.2 Å². The van der Waals surface area contributed by atoms with Crippen LogP contribution in [0.4, 0.5) is 5.69 Å². The predicted molar refractivity (Wildman–Crippen MR) is 117 cm³/mol. The van der Waals surface area contributed by atoms with Crippen molar-refractivity contribution in [2.75, 3.05) is 25.0 Å². The molecule has 0 radical (unpaired) electrons. The van der Waals surface area contributed by atoms with Crippen molar-refractivity contribution in [1.29, 1.82) is 0 Å². The quantitative estimate of drug-likeness (QED) is 0.676. The monoisotopic (exact) mass is 423 g/mol. The van der Waals surface area contributed by atoms with Crippen LogP contribution < -0.4 is 16.6 Å². The summed E-state index contributed by atoms with van der Waals surface area (Å²) >= 11 is 0. The number of rotatable bonds is 4. The number of hydrogen-bond donors (Lipinski definition) is 1. The topological polar surface area (TPSA) is 98.5 Å². The highest BCUT2D eigenvalue weighted by molar-refractivity contribution is 5.88. The zero-order valence-corrected chi connectivity index (χ0v) is 17.8. The molecular weight excluding hydrogens is 398 g/mol. The summed E-state index contributed by atoms with van der Waals surface area (Å²) in [6, 6.07) is 11.3. The van der Waals surface area contributed by atoms with Crippen LogP contribution in [0.2, 0.25) is 0 Å². The van der Waals surface area contributed by atoms with Crippen LogP contribution in [0.25, 0.3) is 11.0 Å². The number of carbonyl (C=O) groups is 1. The summed E-state index contributed by atoms with van der Waals surface area (Å²) in [5.74, 6) is -0.0954. The maximum Gasteiger partial charge on any atom is 0.332 e. The second-order valence-electron chi connectivity index (χ2n) is 7.79. The number of nitrogens with zero attached hydrogens (tertiary/aromatic N) is 4. The van der Waals surface area contributed by atoms with Gasteiger partial charge in [-0.1, -0.05) is 12.1 Å². The highest BCUT2D eigenvalue weighted by Gasteiger charge is 2.24. The lowest BCUT2D eigenvalue weighted by molar-refractivity contribution is -0.114. The molecule has 1 aromatic carbocycles. The summed E-state index contributed by atoms with van der Waals surface area (Å²) in [5, 5.41) is 3.17. The SMILES string of the molecule is CC(=O)Nc1ccc(CN2CCO[C@H](c3ccc4c(=O)n(C)c(=O)n(C)c4n3)C2)cc1. The number of morpholine rings is 1. The Labute approximate surface area is 178 Å². The van der Waals surface area contributed by atoms with Crippen molar-refractivity contribution in [2.45, 2.75) is 19.6 Å². The first kappa shape index (κ1) is 21.0. The second kappa shape index (κ2) is 8.44. The summed E-state index contributed by atoms with van der Waals surface area (Å²) in [6.45, 7) is 4.22. The van der Waals surface area contributed by atoms with E-state index in [1.165, 1.54) is 18.5 Å². The van der Waals surface area contributed by atoms with Gasteiger partial charge in [0.25, 0.3) is 5.56 Å². The van der Waals surface area contributed by atoms with Crippen LogP contribution in [0.15, 0.2) is 46.0 Å². The molecule has 162 valence electrons. The lowest BCUT2D eigenvalue weighted by atomic mass is 10.1. The van der Waals surface area contributed by atoms with E-state index in [0.29, 0.717) is 29.9 Å². The first-order valence-corrected chi connectivity index (χ1v) is 10.1. The van der Waals surface area contributed by atoms with Gasteiger partial charge in [0.1, 0.15) is 11.8 Å². The van der Waals surface area contributed by atoms with Crippen molar-refractivity contribution in [3.8, 4) is 0 Å². The van der Waals surface area contributed by atoms with Crippen molar-refractivity contribution in [3.63, 3.8) is 0 Å². The Morgan fingerprint density at radius 1 is 1.13 bits per heavy atom. The van der Waals surface area contributed by atoms with Crippen molar-refractivity contribution in [1.82, 2.24) is 19.0 Å². The Balaban J connectivity index is 1.53. The molecule has 1 saturated heterocycles. The van der Waals surface area contributed by atoms with Gasteiger partial charge in [-0.05, 0) is 29.8 Å². The number of fused-ring (bicyclic) bond motifs is 1. The molecule has 4 rings (SSSR count). The van der Waals surface area contributed by atoms with Gasteiger partial charge in [0.05, 0.1) is 17.7 Å². The Kier molecular flexibility index (Phi) is 5.71. The van der Waals surface area contributed by atoms with Gasteiger partial charge in [0.15, 0.2) is 0 Å². The number of ether oxygens (including phenoxy) is 1. The number of amides is 1. The third-order valence-corrected chi connectivity index (χ3v) is 5.48. The van der Waals surface area contributed by atoms with Crippen LogP contribution >= 0.6 is 0 Å². The van der Waals surface area contributed by atoms with E-state index >= 15 is 0 Å². The van der Waals surface area contributed by atoms with Gasteiger partial charge in [-0.2, -0.15) is 0 Å². The maximum atomic E-state index is 12.4. The van der Waals surface area contributed by atoms with Crippen LogP contribution in [-0.2, 0) is 30.2 Å². The largest absolute Gasteiger partial charge is 0.369 e. The number of aryl methyl sites for hydroxylation is 1. The number of carbonyl (C=O) groups excluding carboxylic acids is 1. The van der Waals surface area contributed by atoms with Crippen LogP contribution in [0.3, 0.4) is 0 Å². The molecule has 1 aliphatic rings. The molecule has 0 bridgehead atoms. The summed E-state index contributed by atoms with van der Waals surface area (Å²) in [6.07, 6.45) is -0.254. The minimum absolute atomic E-state index is 0.0954. The molecule has 2 aromatic heterocycles. The number of nitrogens with one attached hydrogen (secondary N) is 1. The average Bonchev–Trinajstić information content (AvgIpc) is 2.77. The number of benzene rings is 1. The first-order valence-electron chi connectivity index (χ1n) is 10.1. The van der Waals surface area contributed by atoms with Gasteiger partial charge >= 0.3 is 5.69 Å². The summed E-state index contributed by atoms with van der Waals surface area (Å²) in [4.78, 5) is 42.7. The van der Waals surface area contributed by atoms with E-state index in [4.69, 9.17) is 4.74 Å². The standard InChI is InChI=1S/C22H25N5O4/c1-14(28)23-16-6-4-15(5-7-16)12-27-10-11-31-19(13-27)18-9-8-17-20(24-18)25(2)22(30)26(3)21(17)29/h4-9,19H,10-13H2,1-3H3,(H,23,28)/t19-/m0/s1. The van der Waals surface area contributed by atoms with Crippen LogP contribution in [0.1, 0.15) is 24.3 Å². The molecule has 1 fully saturated rings. The fraction of sp³-hybridized carbons (Fsp3) is 0.364. The van der Waals surface area contributed by atoms with E-state index in [1.807, 2.05) is 24.3 Å². The van der Waals surface area contributed by atoms with Gasteiger partial charge in [-0.15, -0.1) is 0 Å². The van der Waals surface area contributed by atoms with Gasteiger partial charge in [-0.25, -0.2) is 9.78 Å². The first-order chi connectivity index (χ1) is 14.8. The normalized spacial score (nSPS) is 17.1. The van der Waals surface area contributed by atoms with Gasteiger partial charge in [0, 0.05) is 46.3 Å². The van der Waals surface area contributed by atoms with Crippen molar-refractivity contribution >= 4 is 22.6 Å². The Hall–Kier alpha value is -3.30. The fourth-order valence-corrected chi connectivity index (χ4v) is 3.83. The lowest BCUT2D eigenvalue weighted by Crippen LogP contribution is -2.39. The molecule has 9 nitrogen and oxygen atoms in total. The summed E-state index contributed by atoms with van der Waals surface area (Å²) in [7, 11) is 3.07. The van der Waals surface area contributed by atoms with E-state index in [9.17, 15) is 14.4 Å². The van der Waals surface area contributed by atoms with E-state index < -0.39 is 5.69 Å². The zero-order valence-electron chi connectivity index (χ0n) is 17.8. The maximum absolute atomic E-state index is 12.4. The molecule has 0 saturated carbocycles. The molecule has 31 heavy (non-hydrogen) atoms. The van der Waals surface area contributed by atoms with E-state index in [-0.39, 0.29) is 17.6 Å². The molecule has 3 heterocycles. The van der Waals surface area contributed by atoms with Crippen molar-refractivity contribution in [2.24, 2.45) is 14.1 Å². The minimum atomic E-state index is -0.406. The lowest BCUT2D eigenvalue weighted by Gasteiger charge is -2.32. The number of anilines is 1. The molecule has 1 N–H and O–H groups in total. The third kappa shape index (κ3) is 4.28. The molecule has 9 heteroatoms. The Morgan fingerprint density at radius 2 is 1.87 bits per heavy atom. The third-order valence-electron chi connectivity index (χ3n) is 5.48. The molecule has 0 unspecified atom stereocenters. The van der Waals surface area contributed by atoms with Gasteiger partial charge < -0.3 is 10.1 Å². The predicted octanol–water partition coefficient (Wildman–Crippen LogP) is 1.16. The average molecular weight is 423 g/mol. The highest BCUT2D eigenvalue weighted by atomic mass is 16.5. The van der Waals surface area contributed by atoms with Crippen LogP contribution in [-0.4, -0.2) is 44.6 Å². The molecule has 1 aliphatic heterocycles. The van der Waals surface area contributed by atoms with Gasteiger partial charge in [0.2, 0.25) is 5.91 Å². The van der Waals surface area contributed by atoms with E-state index in [2.05, 4.69) is 15.2 Å². The molecule has 1 amide bonds. The second-order valence-corrected chi connectivity index (χ2v) is 7.79. The number of aromatic nitrogens is 3. The van der Waals surface area contributed by atoms with Crippen LogP contribution in [0, 0.1) is 0 Å². The summed E-state index contributed by atoms with van der Waals surface area (Å²) < 4.78 is 8.41. The summed E-state index contributed by atoms with van der Waals surface area (Å²) in [5.41, 5.74) is 2.20. The van der Waals surface area contributed by atoms with Gasteiger partial charge in [-0.3, -0.25) is 23.6 Å². The zero-order chi connectivity index (χ0) is 22.1. The van der Waals surface area contributed by atoms with E-state index in [0.717, 1.165) is 28.9 Å². The molecular formula is C22H25N5O4. The smallest absolute Gasteiger partial charge is 0.332 e. The fourth-order valence-electron chi connectivity index (χ4n) is 3.83. The molecule has 0 spiro atoms. The number of hydrogen-bond acceptors (Lipinski definition) is 6. The van der Waals surface area contributed by atoms with Crippen LogP contribution in [0.5, 0.6) is 0 Å².